The Morgan fingerprint density at radius 3 is 2.89 bits per heavy atom. The molecule has 2 aromatic heterocycles. The summed E-state index contributed by atoms with van der Waals surface area (Å²) in [5, 5.41) is 2.98. The fourth-order valence-corrected chi connectivity index (χ4v) is 4.46. The second kappa shape index (κ2) is 8.61. The van der Waals surface area contributed by atoms with Gasteiger partial charge < -0.3 is 15.0 Å². The van der Waals surface area contributed by atoms with Gasteiger partial charge in [0.1, 0.15) is 11.9 Å². The minimum absolute atomic E-state index is 0.123. The number of thioether (sulfide) groups is 1. The average molecular weight is 385 g/mol. The normalized spacial score (nSPS) is 19.3. The molecular weight excluding hydrogens is 360 g/mol. The van der Waals surface area contributed by atoms with Gasteiger partial charge in [-0.15, -0.1) is 0 Å². The third-order valence-corrected chi connectivity index (χ3v) is 6.00. The quantitative estimate of drug-likeness (QED) is 0.826. The SMILES string of the molecule is O=C(NCc1ccnc(N2CCCC2)c1)c1ccnc(O[C@@H]2CCSC2)c1. The van der Waals surface area contributed by atoms with Gasteiger partial charge in [0.25, 0.3) is 5.91 Å². The lowest BCUT2D eigenvalue weighted by atomic mass is 10.2. The molecule has 1 N–H and O–H groups in total. The van der Waals surface area contributed by atoms with Crippen molar-refractivity contribution in [2.45, 2.75) is 31.9 Å². The van der Waals surface area contributed by atoms with Crippen LogP contribution < -0.4 is 15.0 Å². The van der Waals surface area contributed by atoms with E-state index in [0.29, 0.717) is 18.0 Å². The first kappa shape index (κ1) is 18.1. The fraction of sp³-hybridized carbons (Fsp3) is 0.450. The summed E-state index contributed by atoms with van der Waals surface area (Å²) in [7, 11) is 0. The maximum Gasteiger partial charge on any atom is 0.251 e. The first-order valence-corrected chi connectivity index (χ1v) is 10.6. The molecule has 4 heterocycles. The molecule has 4 rings (SSSR count). The van der Waals surface area contributed by atoms with Crippen molar-refractivity contribution in [1.29, 1.82) is 0 Å². The maximum atomic E-state index is 12.5. The molecule has 0 spiro atoms. The van der Waals surface area contributed by atoms with Crippen LogP contribution in [0.4, 0.5) is 5.82 Å². The number of hydrogen-bond donors (Lipinski definition) is 1. The summed E-state index contributed by atoms with van der Waals surface area (Å²) in [6.45, 7) is 2.59. The molecule has 6 nitrogen and oxygen atoms in total. The smallest absolute Gasteiger partial charge is 0.251 e. The molecule has 2 aromatic rings. The molecule has 0 saturated carbocycles. The van der Waals surface area contributed by atoms with Crippen LogP contribution in [-0.2, 0) is 6.54 Å². The minimum atomic E-state index is -0.123. The summed E-state index contributed by atoms with van der Waals surface area (Å²) in [6.07, 6.45) is 7.10. The lowest BCUT2D eigenvalue weighted by molar-refractivity contribution is 0.0950. The molecule has 142 valence electrons. The van der Waals surface area contributed by atoms with Crippen LogP contribution in [0, 0.1) is 0 Å². The Morgan fingerprint density at radius 2 is 2.07 bits per heavy atom. The fourth-order valence-electron chi connectivity index (χ4n) is 3.37. The molecule has 1 atom stereocenters. The van der Waals surface area contributed by atoms with Gasteiger partial charge in [-0.25, -0.2) is 9.97 Å². The number of amides is 1. The lowest BCUT2D eigenvalue weighted by Gasteiger charge is -2.17. The average Bonchev–Trinajstić information content (AvgIpc) is 3.41. The zero-order valence-corrected chi connectivity index (χ0v) is 16.1. The highest BCUT2D eigenvalue weighted by atomic mass is 32.2. The third-order valence-electron chi connectivity index (χ3n) is 4.87. The van der Waals surface area contributed by atoms with Crippen molar-refractivity contribution in [3.8, 4) is 5.88 Å². The predicted molar refractivity (Wildman–Crippen MR) is 107 cm³/mol. The van der Waals surface area contributed by atoms with Gasteiger partial charge in [-0.1, -0.05) is 0 Å². The van der Waals surface area contributed by atoms with E-state index in [-0.39, 0.29) is 12.0 Å². The Bertz CT molecular complexity index is 789. The number of nitrogens with zero attached hydrogens (tertiary/aromatic N) is 3. The summed E-state index contributed by atoms with van der Waals surface area (Å²) in [5.74, 6) is 3.50. The first-order chi connectivity index (χ1) is 13.3. The molecule has 0 unspecified atom stereocenters. The number of carbonyl (C=O) groups excluding carboxylic acids is 1. The molecule has 27 heavy (non-hydrogen) atoms. The van der Waals surface area contributed by atoms with Gasteiger partial charge in [-0.2, -0.15) is 11.8 Å². The second-order valence-corrected chi connectivity index (χ2v) is 8.04. The minimum Gasteiger partial charge on any atom is -0.473 e. The molecule has 2 saturated heterocycles. The molecule has 1 amide bonds. The summed E-state index contributed by atoms with van der Waals surface area (Å²) in [5.41, 5.74) is 1.62. The molecule has 0 aromatic carbocycles. The molecule has 2 aliphatic rings. The number of pyridine rings is 2. The summed E-state index contributed by atoms with van der Waals surface area (Å²) < 4.78 is 5.88. The highest BCUT2D eigenvalue weighted by molar-refractivity contribution is 7.99. The Labute approximate surface area is 163 Å². The van der Waals surface area contributed by atoms with Crippen LogP contribution in [0.25, 0.3) is 0 Å². The molecule has 7 heteroatoms. The van der Waals surface area contributed by atoms with Gasteiger partial charge in [0, 0.05) is 49.4 Å². The van der Waals surface area contributed by atoms with Gasteiger partial charge in [0.15, 0.2) is 0 Å². The van der Waals surface area contributed by atoms with Crippen molar-refractivity contribution in [3.63, 3.8) is 0 Å². The molecule has 2 fully saturated rings. The van der Waals surface area contributed by atoms with E-state index in [1.807, 2.05) is 24.0 Å². The number of rotatable bonds is 6. The van der Waals surface area contributed by atoms with Crippen molar-refractivity contribution < 1.29 is 9.53 Å². The topological polar surface area (TPSA) is 67.4 Å². The van der Waals surface area contributed by atoms with Gasteiger partial charge >= 0.3 is 0 Å². The summed E-state index contributed by atoms with van der Waals surface area (Å²) in [6, 6.07) is 7.44. The number of aromatic nitrogens is 2. The Kier molecular flexibility index (Phi) is 5.77. The van der Waals surface area contributed by atoms with Crippen molar-refractivity contribution in [2.24, 2.45) is 0 Å². The zero-order chi connectivity index (χ0) is 18.5. The van der Waals surface area contributed by atoms with Gasteiger partial charge in [-0.05, 0) is 48.8 Å². The summed E-state index contributed by atoms with van der Waals surface area (Å²) in [4.78, 5) is 23.5. The molecule has 0 aliphatic carbocycles. The third kappa shape index (κ3) is 4.71. The molecular formula is C20H24N4O2S. The van der Waals surface area contributed by atoms with Gasteiger partial charge in [-0.3, -0.25) is 4.79 Å². The van der Waals surface area contributed by atoms with E-state index in [9.17, 15) is 4.79 Å². The van der Waals surface area contributed by atoms with Crippen molar-refractivity contribution in [3.05, 3.63) is 47.8 Å². The highest BCUT2D eigenvalue weighted by Crippen LogP contribution is 2.22. The van der Waals surface area contributed by atoms with Crippen LogP contribution in [0.1, 0.15) is 35.2 Å². The lowest BCUT2D eigenvalue weighted by Crippen LogP contribution is -2.24. The van der Waals surface area contributed by atoms with Crippen molar-refractivity contribution >= 4 is 23.5 Å². The van der Waals surface area contributed by atoms with Crippen LogP contribution >= 0.6 is 11.8 Å². The predicted octanol–water partition coefficient (Wildman–Crippen LogP) is 2.89. The van der Waals surface area contributed by atoms with E-state index in [2.05, 4.69) is 26.3 Å². The van der Waals surface area contributed by atoms with Crippen LogP contribution in [-0.4, -0.2) is 46.6 Å². The summed E-state index contributed by atoms with van der Waals surface area (Å²) >= 11 is 1.89. The maximum absolute atomic E-state index is 12.5. The van der Waals surface area contributed by atoms with E-state index >= 15 is 0 Å². The van der Waals surface area contributed by atoms with E-state index in [0.717, 1.165) is 42.4 Å². The Morgan fingerprint density at radius 1 is 1.22 bits per heavy atom. The van der Waals surface area contributed by atoms with E-state index < -0.39 is 0 Å². The van der Waals surface area contributed by atoms with E-state index in [1.54, 1.807) is 18.3 Å². The largest absolute Gasteiger partial charge is 0.473 e. The van der Waals surface area contributed by atoms with E-state index in [4.69, 9.17) is 4.74 Å². The van der Waals surface area contributed by atoms with Crippen molar-refractivity contribution in [2.75, 3.05) is 29.5 Å². The Balaban J connectivity index is 1.35. The molecule has 2 aliphatic heterocycles. The first-order valence-electron chi connectivity index (χ1n) is 9.46. The number of anilines is 1. The van der Waals surface area contributed by atoms with Gasteiger partial charge in [0.2, 0.25) is 5.88 Å². The van der Waals surface area contributed by atoms with Crippen LogP contribution in [0.5, 0.6) is 5.88 Å². The van der Waals surface area contributed by atoms with E-state index in [1.165, 1.54) is 12.8 Å². The van der Waals surface area contributed by atoms with Gasteiger partial charge in [0.05, 0.1) is 0 Å². The number of carbonyl (C=O) groups is 1. The second-order valence-electron chi connectivity index (χ2n) is 6.89. The van der Waals surface area contributed by atoms with Crippen molar-refractivity contribution in [1.82, 2.24) is 15.3 Å². The van der Waals surface area contributed by atoms with Crippen LogP contribution in [0.15, 0.2) is 36.7 Å². The Hall–Kier alpha value is -2.28. The monoisotopic (exact) mass is 384 g/mol. The number of nitrogens with one attached hydrogen (secondary N) is 1. The molecule has 0 radical (unpaired) electrons. The highest BCUT2D eigenvalue weighted by Gasteiger charge is 2.18. The standard InChI is InChI=1S/C20H24N4O2S/c25-20(16-4-7-22-19(12-16)26-17-5-10-27-14-17)23-13-15-3-6-21-18(11-15)24-8-1-2-9-24/h3-4,6-7,11-12,17H,1-2,5,8-10,13-14H2,(H,23,25)/t17-/m1/s1. The molecule has 0 bridgehead atoms. The van der Waals surface area contributed by atoms with Crippen LogP contribution in [0.2, 0.25) is 0 Å². The number of ether oxygens (including phenoxy) is 1. The zero-order valence-electron chi connectivity index (χ0n) is 15.3. The number of hydrogen-bond acceptors (Lipinski definition) is 6. The van der Waals surface area contributed by atoms with Crippen LogP contribution in [0.3, 0.4) is 0 Å².